The first-order valence-electron chi connectivity index (χ1n) is 5.70. The minimum atomic E-state index is 0.590. The Morgan fingerprint density at radius 3 is 2.87 bits per heavy atom. The molecule has 2 aliphatic heterocycles. The Morgan fingerprint density at radius 1 is 1.20 bits per heavy atom. The number of nitrogens with zero attached hydrogens (tertiary/aromatic N) is 1. The summed E-state index contributed by atoms with van der Waals surface area (Å²) in [4.78, 5) is 4.17. The molecular weight excluding hydrogens is 208 g/mol. The van der Waals surface area contributed by atoms with E-state index in [4.69, 9.17) is 11.6 Å². The Labute approximate surface area is 95.0 Å². The summed E-state index contributed by atoms with van der Waals surface area (Å²) in [5.74, 6) is 0.647. The largest absolute Gasteiger partial charge is 0.311 e. The molecule has 0 aromatic carbocycles. The van der Waals surface area contributed by atoms with Gasteiger partial charge in [-0.15, -0.1) is 0 Å². The average Bonchev–Trinajstić information content (AvgIpc) is 2.63. The summed E-state index contributed by atoms with van der Waals surface area (Å²) >= 11 is 5.80. The van der Waals surface area contributed by atoms with E-state index in [-0.39, 0.29) is 0 Å². The highest BCUT2D eigenvalue weighted by atomic mass is 35.5. The fraction of sp³-hybridized carbons (Fsp3) is 0.583. The maximum absolute atomic E-state index is 5.80. The summed E-state index contributed by atoms with van der Waals surface area (Å²) in [5, 5.41) is 4.28. The second-order valence-electron chi connectivity index (χ2n) is 4.65. The highest BCUT2D eigenvalue weighted by molar-refractivity contribution is 6.29. The predicted molar refractivity (Wildman–Crippen MR) is 61.2 cm³/mol. The van der Waals surface area contributed by atoms with Gasteiger partial charge in [0.25, 0.3) is 0 Å². The van der Waals surface area contributed by atoms with Crippen molar-refractivity contribution >= 4 is 11.6 Å². The fourth-order valence-electron chi connectivity index (χ4n) is 2.98. The summed E-state index contributed by atoms with van der Waals surface area (Å²) in [6, 6.07) is 5.48. The Balaban J connectivity index is 1.84. The van der Waals surface area contributed by atoms with Gasteiger partial charge in [-0.2, -0.15) is 0 Å². The van der Waals surface area contributed by atoms with E-state index in [1.165, 1.54) is 31.2 Å². The number of halogens is 1. The highest BCUT2D eigenvalue weighted by Crippen LogP contribution is 2.37. The van der Waals surface area contributed by atoms with Crippen LogP contribution in [0, 0.1) is 0 Å². The lowest BCUT2D eigenvalue weighted by molar-refractivity contribution is 0.358. The molecule has 0 saturated carbocycles. The SMILES string of the molecule is Clc1ccc([C@@H]2CC[C@@H]3CC[C@H]2N3)cn1. The van der Waals surface area contributed by atoms with Gasteiger partial charge in [-0.1, -0.05) is 17.7 Å². The highest BCUT2D eigenvalue weighted by Gasteiger charge is 2.35. The third-order valence-corrected chi connectivity index (χ3v) is 3.99. The van der Waals surface area contributed by atoms with Gasteiger partial charge in [-0.25, -0.2) is 4.98 Å². The van der Waals surface area contributed by atoms with E-state index < -0.39 is 0 Å². The first-order valence-corrected chi connectivity index (χ1v) is 6.08. The molecule has 3 rings (SSSR count). The summed E-state index contributed by atoms with van der Waals surface area (Å²) < 4.78 is 0. The van der Waals surface area contributed by atoms with Crippen molar-refractivity contribution in [2.45, 2.75) is 43.7 Å². The van der Waals surface area contributed by atoms with Crippen LogP contribution < -0.4 is 5.32 Å². The van der Waals surface area contributed by atoms with E-state index in [9.17, 15) is 0 Å². The first kappa shape index (κ1) is 9.61. The van der Waals surface area contributed by atoms with Crippen LogP contribution in [-0.4, -0.2) is 17.1 Å². The van der Waals surface area contributed by atoms with Crippen LogP contribution in [0.4, 0.5) is 0 Å². The number of rotatable bonds is 1. The maximum Gasteiger partial charge on any atom is 0.129 e. The Kier molecular flexibility index (Phi) is 2.41. The molecule has 0 spiro atoms. The van der Waals surface area contributed by atoms with Crippen molar-refractivity contribution in [1.29, 1.82) is 0 Å². The van der Waals surface area contributed by atoms with Crippen LogP contribution in [0.5, 0.6) is 0 Å². The van der Waals surface area contributed by atoms with Crippen molar-refractivity contribution < 1.29 is 0 Å². The minimum Gasteiger partial charge on any atom is -0.311 e. The summed E-state index contributed by atoms with van der Waals surface area (Å²) in [6.07, 6.45) is 7.21. The molecule has 3 atom stereocenters. The third kappa shape index (κ3) is 1.77. The van der Waals surface area contributed by atoms with Crippen molar-refractivity contribution in [3.05, 3.63) is 29.0 Å². The summed E-state index contributed by atoms with van der Waals surface area (Å²) in [5.41, 5.74) is 1.34. The second kappa shape index (κ2) is 3.76. The molecule has 80 valence electrons. The smallest absolute Gasteiger partial charge is 0.129 e. The average molecular weight is 223 g/mol. The quantitative estimate of drug-likeness (QED) is 0.740. The number of pyridine rings is 1. The van der Waals surface area contributed by atoms with Crippen LogP contribution in [0.2, 0.25) is 5.15 Å². The van der Waals surface area contributed by atoms with Gasteiger partial charge in [0.1, 0.15) is 5.15 Å². The Hall–Kier alpha value is -0.600. The number of hydrogen-bond acceptors (Lipinski definition) is 2. The number of nitrogens with one attached hydrogen (secondary N) is 1. The zero-order valence-electron chi connectivity index (χ0n) is 8.62. The standard InChI is InChI=1S/C12H15ClN2/c13-12-6-1-8(7-14-12)10-4-2-9-3-5-11(10)15-9/h1,6-7,9-11,15H,2-5H2/t9-,10+,11-/m1/s1. The van der Waals surface area contributed by atoms with Gasteiger partial charge in [-0.05, 0) is 37.3 Å². The van der Waals surface area contributed by atoms with Gasteiger partial charge in [-0.3, -0.25) is 0 Å². The lowest BCUT2D eigenvalue weighted by atomic mass is 9.86. The fourth-order valence-corrected chi connectivity index (χ4v) is 3.09. The van der Waals surface area contributed by atoms with Crippen LogP contribution in [0.1, 0.15) is 37.2 Å². The molecule has 2 bridgehead atoms. The monoisotopic (exact) mass is 222 g/mol. The molecule has 0 aliphatic carbocycles. The van der Waals surface area contributed by atoms with Crippen LogP contribution in [0.25, 0.3) is 0 Å². The van der Waals surface area contributed by atoms with Crippen molar-refractivity contribution in [3.63, 3.8) is 0 Å². The lowest BCUT2D eigenvalue weighted by Gasteiger charge is -2.30. The summed E-state index contributed by atoms with van der Waals surface area (Å²) in [7, 11) is 0. The van der Waals surface area contributed by atoms with Gasteiger partial charge in [0.15, 0.2) is 0 Å². The van der Waals surface area contributed by atoms with Gasteiger partial charge < -0.3 is 5.32 Å². The molecule has 1 aromatic rings. The normalized spacial score (nSPS) is 34.3. The second-order valence-corrected chi connectivity index (χ2v) is 5.03. The molecule has 1 N–H and O–H groups in total. The number of fused-ring (bicyclic) bond motifs is 2. The third-order valence-electron chi connectivity index (χ3n) is 3.77. The van der Waals surface area contributed by atoms with Gasteiger partial charge in [0.05, 0.1) is 0 Å². The van der Waals surface area contributed by atoms with Gasteiger partial charge in [0.2, 0.25) is 0 Å². The molecule has 3 heteroatoms. The van der Waals surface area contributed by atoms with E-state index in [0.29, 0.717) is 17.1 Å². The summed E-state index contributed by atoms with van der Waals surface area (Å²) in [6.45, 7) is 0. The molecule has 1 aromatic heterocycles. The van der Waals surface area contributed by atoms with Crippen LogP contribution >= 0.6 is 11.6 Å². The van der Waals surface area contributed by atoms with Crippen LogP contribution in [0.3, 0.4) is 0 Å². The van der Waals surface area contributed by atoms with Crippen molar-refractivity contribution in [1.82, 2.24) is 10.3 Å². The molecular formula is C12H15ClN2. The van der Waals surface area contributed by atoms with Crippen molar-refractivity contribution in [3.8, 4) is 0 Å². The van der Waals surface area contributed by atoms with Crippen LogP contribution in [-0.2, 0) is 0 Å². The number of piperidine rings is 1. The molecule has 2 aliphatic rings. The maximum atomic E-state index is 5.80. The number of aromatic nitrogens is 1. The Bertz CT molecular complexity index is 349. The number of hydrogen-bond donors (Lipinski definition) is 1. The van der Waals surface area contributed by atoms with E-state index in [1.54, 1.807) is 0 Å². The van der Waals surface area contributed by atoms with E-state index >= 15 is 0 Å². The van der Waals surface area contributed by atoms with Gasteiger partial charge in [0, 0.05) is 24.2 Å². The van der Waals surface area contributed by atoms with E-state index in [0.717, 1.165) is 6.04 Å². The van der Waals surface area contributed by atoms with Crippen molar-refractivity contribution in [2.24, 2.45) is 0 Å². The molecule has 0 unspecified atom stereocenters. The molecule has 2 saturated heterocycles. The zero-order valence-corrected chi connectivity index (χ0v) is 9.37. The zero-order chi connectivity index (χ0) is 10.3. The minimum absolute atomic E-state index is 0.590. The molecule has 2 fully saturated rings. The van der Waals surface area contributed by atoms with Crippen molar-refractivity contribution in [2.75, 3.05) is 0 Å². The van der Waals surface area contributed by atoms with E-state index in [1.807, 2.05) is 12.3 Å². The Morgan fingerprint density at radius 2 is 2.07 bits per heavy atom. The molecule has 15 heavy (non-hydrogen) atoms. The topological polar surface area (TPSA) is 24.9 Å². The molecule has 0 radical (unpaired) electrons. The van der Waals surface area contributed by atoms with Crippen LogP contribution in [0.15, 0.2) is 18.3 Å². The molecule has 2 nitrogen and oxygen atoms in total. The van der Waals surface area contributed by atoms with Gasteiger partial charge >= 0.3 is 0 Å². The molecule has 3 heterocycles. The first-order chi connectivity index (χ1) is 7.33. The van der Waals surface area contributed by atoms with E-state index in [2.05, 4.69) is 16.4 Å². The molecule has 0 amide bonds. The lowest BCUT2D eigenvalue weighted by Crippen LogP contribution is -2.39. The predicted octanol–water partition coefficient (Wildman–Crippen LogP) is 2.73.